The molecular weight excluding hydrogens is 210 g/mol. The average molecular weight is 224 g/mol. The molecule has 0 atom stereocenters. The van der Waals surface area contributed by atoms with E-state index in [1.54, 1.807) is 0 Å². The van der Waals surface area contributed by atoms with E-state index >= 15 is 0 Å². The van der Waals surface area contributed by atoms with Gasteiger partial charge in [0, 0.05) is 18.5 Å². The van der Waals surface area contributed by atoms with E-state index in [0.29, 0.717) is 6.54 Å². The molecule has 1 N–H and O–H groups in total. The lowest BCUT2D eigenvalue weighted by molar-refractivity contribution is -0.118. The van der Waals surface area contributed by atoms with Gasteiger partial charge in [0.1, 0.15) is 0 Å². The van der Waals surface area contributed by atoms with Crippen LogP contribution in [0.4, 0.5) is 0 Å². The van der Waals surface area contributed by atoms with Crippen molar-refractivity contribution in [2.45, 2.75) is 13.8 Å². The Morgan fingerprint density at radius 3 is 2.87 bits per heavy atom. The number of hydrogen-bond acceptors (Lipinski definition) is 1. The van der Waals surface area contributed by atoms with E-state index in [2.05, 4.69) is 5.32 Å². The monoisotopic (exact) mass is 223 g/mol. The zero-order chi connectivity index (χ0) is 11.3. The molecule has 0 aliphatic rings. The van der Waals surface area contributed by atoms with Gasteiger partial charge in [0.25, 0.3) is 0 Å². The first-order valence-corrected chi connectivity index (χ1v) is 5.15. The highest BCUT2D eigenvalue weighted by molar-refractivity contribution is 6.32. The maximum absolute atomic E-state index is 10.6. The highest BCUT2D eigenvalue weighted by atomic mass is 35.5. The Balaban J connectivity index is 2.67. The summed E-state index contributed by atoms with van der Waals surface area (Å²) in [6, 6.07) is 5.78. The Hall–Kier alpha value is -1.28. The second-order valence-corrected chi connectivity index (χ2v) is 3.72. The molecule has 0 aromatic heterocycles. The van der Waals surface area contributed by atoms with Crippen LogP contribution < -0.4 is 5.32 Å². The predicted molar refractivity (Wildman–Crippen MR) is 63.9 cm³/mol. The first-order valence-electron chi connectivity index (χ1n) is 4.77. The number of halogens is 1. The van der Waals surface area contributed by atoms with Gasteiger partial charge in [-0.2, -0.15) is 0 Å². The van der Waals surface area contributed by atoms with Gasteiger partial charge in [-0.05, 0) is 24.1 Å². The number of carbonyl (C=O) groups excluding carboxylic acids is 1. The van der Waals surface area contributed by atoms with E-state index in [-0.39, 0.29) is 5.91 Å². The van der Waals surface area contributed by atoms with Crippen LogP contribution in [-0.4, -0.2) is 12.5 Å². The molecule has 0 heterocycles. The van der Waals surface area contributed by atoms with Gasteiger partial charge >= 0.3 is 0 Å². The smallest absolute Gasteiger partial charge is 0.217 e. The Labute approximate surface area is 94.9 Å². The van der Waals surface area contributed by atoms with Crippen molar-refractivity contribution in [2.24, 2.45) is 0 Å². The van der Waals surface area contributed by atoms with Crippen molar-refractivity contribution in [1.82, 2.24) is 5.32 Å². The van der Waals surface area contributed by atoms with Crippen molar-refractivity contribution in [3.8, 4) is 0 Å². The third-order valence-electron chi connectivity index (χ3n) is 2.02. The Kier molecular flexibility index (Phi) is 4.37. The van der Waals surface area contributed by atoms with Gasteiger partial charge in [-0.3, -0.25) is 4.79 Å². The van der Waals surface area contributed by atoms with Gasteiger partial charge in [0.2, 0.25) is 5.91 Å². The molecule has 0 spiro atoms. The molecule has 0 aliphatic carbocycles. The number of benzene rings is 1. The molecule has 0 saturated carbocycles. The quantitative estimate of drug-likeness (QED) is 0.839. The highest BCUT2D eigenvalue weighted by Crippen LogP contribution is 2.20. The summed E-state index contributed by atoms with van der Waals surface area (Å²) >= 11 is 6.03. The van der Waals surface area contributed by atoms with Crippen LogP contribution >= 0.6 is 11.6 Å². The molecule has 80 valence electrons. The fraction of sp³-hybridized carbons (Fsp3) is 0.250. The molecule has 15 heavy (non-hydrogen) atoms. The Morgan fingerprint density at radius 2 is 2.27 bits per heavy atom. The SMILES string of the molecule is CC(=O)NCC=Cc1c(C)cccc1Cl. The van der Waals surface area contributed by atoms with Gasteiger partial charge in [-0.25, -0.2) is 0 Å². The summed E-state index contributed by atoms with van der Waals surface area (Å²) in [6.07, 6.45) is 3.81. The van der Waals surface area contributed by atoms with Gasteiger partial charge < -0.3 is 5.32 Å². The predicted octanol–water partition coefficient (Wildman–Crippen LogP) is 2.80. The van der Waals surface area contributed by atoms with E-state index in [1.807, 2.05) is 37.3 Å². The van der Waals surface area contributed by atoms with Crippen LogP contribution in [0.2, 0.25) is 5.02 Å². The molecule has 1 amide bonds. The van der Waals surface area contributed by atoms with Crippen LogP contribution in [0, 0.1) is 6.92 Å². The first kappa shape index (κ1) is 11.8. The third kappa shape index (κ3) is 3.76. The molecule has 0 radical (unpaired) electrons. The minimum atomic E-state index is -0.0319. The number of hydrogen-bond donors (Lipinski definition) is 1. The molecule has 0 saturated heterocycles. The summed E-state index contributed by atoms with van der Waals surface area (Å²) < 4.78 is 0. The summed E-state index contributed by atoms with van der Waals surface area (Å²) in [6.45, 7) is 4.03. The van der Waals surface area contributed by atoms with E-state index in [0.717, 1.165) is 16.1 Å². The summed E-state index contributed by atoms with van der Waals surface area (Å²) in [5, 5.41) is 3.42. The Morgan fingerprint density at radius 1 is 1.53 bits per heavy atom. The van der Waals surface area contributed by atoms with Crippen molar-refractivity contribution < 1.29 is 4.79 Å². The molecule has 0 aliphatic heterocycles. The van der Waals surface area contributed by atoms with Crippen LogP contribution in [0.5, 0.6) is 0 Å². The normalized spacial score (nSPS) is 10.6. The maximum Gasteiger partial charge on any atom is 0.217 e. The molecule has 3 heteroatoms. The molecular formula is C12H14ClNO. The lowest BCUT2D eigenvalue weighted by atomic mass is 10.1. The second kappa shape index (κ2) is 5.56. The zero-order valence-corrected chi connectivity index (χ0v) is 9.64. The van der Waals surface area contributed by atoms with E-state index < -0.39 is 0 Å². The summed E-state index contributed by atoms with van der Waals surface area (Å²) in [7, 11) is 0. The number of nitrogens with one attached hydrogen (secondary N) is 1. The number of carbonyl (C=O) groups is 1. The molecule has 0 bridgehead atoms. The average Bonchev–Trinajstić information content (AvgIpc) is 2.15. The maximum atomic E-state index is 10.6. The summed E-state index contributed by atoms with van der Waals surface area (Å²) in [5.41, 5.74) is 2.13. The van der Waals surface area contributed by atoms with E-state index in [1.165, 1.54) is 6.92 Å². The van der Waals surface area contributed by atoms with Crippen molar-refractivity contribution in [1.29, 1.82) is 0 Å². The lowest BCUT2D eigenvalue weighted by Gasteiger charge is -2.02. The van der Waals surface area contributed by atoms with Gasteiger partial charge in [0.15, 0.2) is 0 Å². The van der Waals surface area contributed by atoms with Gasteiger partial charge in [-0.1, -0.05) is 35.9 Å². The standard InChI is InChI=1S/C12H14ClNO/c1-9-5-3-7-12(13)11(9)6-4-8-14-10(2)15/h3-7H,8H2,1-2H3,(H,14,15). The number of rotatable bonds is 3. The van der Waals surface area contributed by atoms with Crippen molar-refractivity contribution >= 4 is 23.6 Å². The first-order chi connectivity index (χ1) is 7.11. The number of aryl methyl sites for hydroxylation is 1. The van der Waals surface area contributed by atoms with Crippen LogP contribution in [0.15, 0.2) is 24.3 Å². The number of amides is 1. The van der Waals surface area contributed by atoms with Crippen LogP contribution in [0.1, 0.15) is 18.1 Å². The third-order valence-corrected chi connectivity index (χ3v) is 2.35. The highest BCUT2D eigenvalue weighted by Gasteiger charge is 1.98. The fourth-order valence-corrected chi connectivity index (χ4v) is 1.52. The van der Waals surface area contributed by atoms with Crippen LogP contribution in [0.3, 0.4) is 0 Å². The topological polar surface area (TPSA) is 29.1 Å². The van der Waals surface area contributed by atoms with Crippen molar-refractivity contribution in [2.75, 3.05) is 6.54 Å². The summed E-state index contributed by atoms with van der Waals surface area (Å²) in [5.74, 6) is -0.0319. The lowest BCUT2D eigenvalue weighted by Crippen LogP contribution is -2.19. The van der Waals surface area contributed by atoms with Gasteiger partial charge in [-0.15, -0.1) is 0 Å². The van der Waals surface area contributed by atoms with Gasteiger partial charge in [0.05, 0.1) is 0 Å². The summed E-state index contributed by atoms with van der Waals surface area (Å²) in [4.78, 5) is 10.6. The molecule has 0 unspecified atom stereocenters. The van der Waals surface area contributed by atoms with Crippen LogP contribution in [0.25, 0.3) is 6.08 Å². The zero-order valence-electron chi connectivity index (χ0n) is 8.88. The van der Waals surface area contributed by atoms with E-state index in [9.17, 15) is 4.79 Å². The molecule has 1 rings (SSSR count). The fourth-order valence-electron chi connectivity index (χ4n) is 1.24. The largest absolute Gasteiger partial charge is 0.353 e. The minimum Gasteiger partial charge on any atom is -0.353 e. The minimum absolute atomic E-state index is 0.0319. The Bertz CT molecular complexity index is 365. The van der Waals surface area contributed by atoms with E-state index in [4.69, 9.17) is 11.6 Å². The van der Waals surface area contributed by atoms with Crippen LogP contribution in [-0.2, 0) is 4.79 Å². The molecule has 1 aromatic carbocycles. The van der Waals surface area contributed by atoms with Crippen molar-refractivity contribution in [3.63, 3.8) is 0 Å². The van der Waals surface area contributed by atoms with Crippen molar-refractivity contribution in [3.05, 3.63) is 40.4 Å². The molecule has 1 aromatic rings. The second-order valence-electron chi connectivity index (χ2n) is 3.31. The molecule has 0 fully saturated rings. The molecule has 2 nitrogen and oxygen atoms in total.